The molecule has 0 bridgehead atoms. The van der Waals surface area contributed by atoms with Crippen LogP contribution in [0, 0.1) is 6.92 Å². The van der Waals surface area contributed by atoms with E-state index in [0.29, 0.717) is 18.1 Å². The van der Waals surface area contributed by atoms with Crippen molar-refractivity contribution >= 4 is 17.7 Å². The summed E-state index contributed by atoms with van der Waals surface area (Å²) in [5, 5.41) is 3.42. The van der Waals surface area contributed by atoms with E-state index in [4.69, 9.17) is 22.1 Å². The first-order chi connectivity index (χ1) is 9.24. The third-order valence-corrected chi connectivity index (χ3v) is 3.18. The monoisotopic (exact) mass is 298 g/mol. The van der Waals surface area contributed by atoms with E-state index in [1.807, 2.05) is 45.9 Å². The van der Waals surface area contributed by atoms with Gasteiger partial charge in [0, 0.05) is 24.0 Å². The summed E-state index contributed by atoms with van der Waals surface area (Å²) in [6.45, 7) is 8.26. The minimum atomic E-state index is -0.511. The maximum atomic E-state index is 11.7. The van der Waals surface area contributed by atoms with Crippen molar-refractivity contribution in [3.63, 3.8) is 0 Å². The average molecular weight is 299 g/mol. The van der Waals surface area contributed by atoms with Crippen LogP contribution in [0.2, 0.25) is 5.02 Å². The molecule has 1 rings (SSSR count). The van der Waals surface area contributed by atoms with E-state index in [0.717, 1.165) is 11.1 Å². The van der Waals surface area contributed by atoms with Crippen LogP contribution in [0.4, 0.5) is 4.79 Å². The molecule has 0 fully saturated rings. The fourth-order valence-corrected chi connectivity index (χ4v) is 2.36. The van der Waals surface area contributed by atoms with Gasteiger partial charge in [-0.3, -0.25) is 0 Å². The smallest absolute Gasteiger partial charge is 0.407 e. The highest BCUT2D eigenvalue weighted by Crippen LogP contribution is 2.27. The molecule has 4 nitrogen and oxygen atoms in total. The van der Waals surface area contributed by atoms with E-state index < -0.39 is 11.7 Å². The molecule has 0 radical (unpaired) electrons. The molecule has 3 N–H and O–H groups in total. The van der Waals surface area contributed by atoms with E-state index in [1.54, 1.807) is 0 Å². The van der Waals surface area contributed by atoms with Crippen molar-refractivity contribution in [1.82, 2.24) is 5.32 Å². The van der Waals surface area contributed by atoms with Crippen molar-refractivity contribution < 1.29 is 9.53 Å². The van der Waals surface area contributed by atoms with Crippen LogP contribution in [0.3, 0.4) is 0 Å². The number of nitrogens with one attached hydrogen (secondary N) is 1. The molecule has 1 aromatic rings. The fraction of sp³-hybridized carbons (Fsp3) is 0.533. The number of aryl methyl sites for hydroxylation is 1. The van der Waals surface area contributed by atoms with Crippen molar-refractivity contribution in [2.45, 2.75) is 39.2 Å². The number of ether oxygens (including phenoxy) is 1. The molecule has 0 aromatic heterocycles. The summed E-state index contributed by atoms with van der Waals surface area (Å²) < 4.78 is 5.21. The first-order valence-electron chi connectivity index (χ1n) is 6.66. The number of nitrogens with two attached hydrogens (primary N) is 1. The van der Waals surface area contributed by atoms with Crippen LogP contribution >= 0.6 is 11.6 Å². The van der Waals surface area contributed by atoms with Gasteiger partial charge in [-0.1, -0.05) is 23.7 Å². The number of hydrogen-bond donors (Lipinski definition) is 2. The Hall–Kier alpha value is -1.26. The maximum Gasteiger partial charge on any atom is 0.407 e. The van der Waals surface area contributed by atoms with Gasteiger partial charge < -0.3 is 15.8 Å². The number of carbonyl (C=O) groups is 1. The highest BCUT2D eigenvalue weighted by atomic mass is 35.5. The lowest BCUT2D eigenvalue weighted by atomic mass is 9.94. The minimum Gasteiger partial charge on any atom is -0.444 e. The second kappa shape index (κ2) is 6.95. The molecule has 20 heavy (non-hydrogen) atoms. The zero-order chi connectivity index (χ0) is 15.3. The van der Waals surface area contributed by atoms with Gasteiger partial charge in [-0.25, -0.2) is 4.79 Å². The van der Waals surface area contributed by atoms with Gasteiger partial charge in [0.2, 0.25) is 0 Å². The second-order valence-electron chi connectivity index (χ2n) is 5.79. The van der Waals surface area contributed by atoms with Gasteiger partial charge in [0.05, 0.1) is 0 Å². The molecule has 1 unspecified atom stereocenters. The van der Waals surface area contributed by atoms with Gasteiger partial charge in [0.1, 0.15) is 5.60 Å². The lowest BCUT2D eigenvalue weighted by Gasteiger charge is -2.23. The maximum absolute atomic E-state index is 11.7. The zero-order valence-corrected chi connectivity index (χ0v) is 13.3. The first-order valence-corrected chi connectivity index (χ1v) is 7.04. The van der Waals surface area contributed by atoms with Gasteiger partial charge >= 0.3 is 6.09 Å². The summed E-state index contributed by atoms with van der Waals surface area (Å²) >= 11 is 6.23. The quantitative estimate of drug-likeness (QED) is 0.897. The van der Waals surface area contributed by atoms with Crippen molar-refractivity contribution in [2.24, 2.45) is 5.73 Å². The van der Waals surface area contributed by atoms with E-state index in [9.17, 15) is 4.79 Å². The molecule has 0 aliphatic heterocycles. The third-order valence-electron chi connectivity index (χ3n) is 2.86. The van der Waals surface area contributed by atoms with Crippen LogP contribution in [-0.4, -0.2) is 24.8 Å². The highest BCUT2D eigenvalue weighted by Gasteiger charge is 2.19. The second-order valence-corrected chi connectivity index (χ2v) is 6.19. The molecule has 0 aliphatic carbocycles. The zero-order valence-electron chi connectivity index (χ0n) is 12.5. The molecule has 0 saturated heterocycles. The summed E-state index contributed by atoms with van der Waals surface area (Å²) in [7, 11) is 0. The summed E-state index contributed by atoms with van der Waals surface area (Å²) in [6.07, 6.45) is -0.444. The Morgan fingerprint density at radius 3 is 2.60 bits per heavy atom. The van der Waals surface area contributed by atoms with Crippen LogP contribution in [0.15, 0.2) is 18.2 Å². The van der Waals surface area contributed by atoms with Crippen LogP contribution in [0.5, 0.6) is 0 Å². The molecule has 1 amide bonds. The number of halogens is 1. The van der Waals surface area contributed by atoms with Crippen molar-refractivity contribution in [3.8, 4) is 0 Å². The summed E-state index contributed by atoms with van der Waals surface area (Å²) in [6, 6.07) is 5.72. The Balaban J connectivity index is 2.71. The molecule has 5 heteroatoms. The van der Waals surface area contributed by atoms with Gasteiger partial charge in [0.15, 0.2) is 0 Å². The van der Waals surface area contributed by atoms with E-state index in [1.165, 1.54) is 0 Å². The number of hydrogen-bond acceptors (Lipinski definition) is 3. The van der Waals surface area contributed by atoms with Gasteiger partial charge in [0.25, 0.3) is 0 Å². The van der Waals surface area contributed by atoms with E-state index in [2.05, 4.69) is 5.32 Å². The van der Waals surface area contributed by atoms with Crippen molar-refractivity contribution in [2.75, 3.05) is 13.1 Å². The number of benzene rings is 1. The van der Waals surface area contributed by atoms with Gasteiger partial charge in [-0.15, -0.1) is 0 Å². The normalized spacial score (nSPS) is 12.9. The Morgan fingerprint density at radius 1 is 1.45 bits per heavy atom. The topological polar surface area (TPSA) is 64.3 Å². The van der Waals surface area contributed by atoms with Crippen molar-refractivity contribution in [3.05, 3.63) is 34.3 Å². The third kappa shape index (κ3) is 5.02. The average Bonchev–Trinajstić information content (AvgIpc) is 2.30. The van der Waals surface area contributed by atoms with Crippen LogP contribution in [0.25, 0.3) is 0 Å². The minimum absolute atomic E-state index is 0.0313. The van der Waals surface area contributed by atoms with E-state index >= 15 is 0 Å². The summed E-state index contributed by atoms with van der Waals surface area (Å²) in [5.74, 6) is -0.0313. The molecule has 0 spiro atoms. The van der Waals surface area contributed by atoms with Crippen LogP contribution in [-0.2, 0) is 4.74 Å². The molecular weight excluding hydrogens is 276 g/mol. The van der Waals surface area contributed by atoms with Crippen LogP contribution < -0.4 is 11.1 Å². The highest BCUT2D eigenvalue weighted by molar-refractivity contribution is 6.31. The predicted molar refractivity (Wildman–Crippen MR) is 82.2 cm³/mol. The molecule has 112 valence electrons. The number of amides is 1. The molecule has 0 saturated carbocycles. The molecule has 0 aliphatic rings. The molecule has 0 heterocycles. The number of carbonyl (C=O) groups excluding carboxylic acids is 1. The van der Waals surface area contributed by atoms with Crippen LogP contribution in [0.1, 0.15) is 37.8 Å². The lowest BCUT2D eigenvalue weighted by Crippen LogP contribution is -2.36. The lowest BCUT2D eigenvalue weighted by molar-refractivity contribution is 0.0525. The Morgan fingerprint density at radius 2 is 2.10 bits per heavy atom. The Kier molecular flexibility index (Phi) is 5.84. The number of alkyl carbamates (subject to hydrolysis) is 1. The summed E-state index contributed by atoms with van der Waals surface area (Å²) in [4.78, 5) is 11.7. The molecule has 1 atom stereocenters. The standard InChI is InChI=1S/C15H23ClN2O2/c1-10-6-5-7-12(16)13(10)11(8-17)9-18-14(19)20-15(2,3)4/h5-7,11H,8-9,17H2,1-4H3,(H,18,19). The summed E-state index contributed by atoms with van der Waals surface area (Å²) in [5.41, 5.74) is 7.34. The van der Waals surface area contributed by atoms with Gasteiger partial charge in [-0.2, -0.15) is 0 Å². The largest absolute Gasteiger partial charge is 0.444 e. The molecule has 1 aromatic carbocycles. The number of rotatable bonds is 4. The fourth-order valence-electron chi connectivity index (χ4n) is 1.99. The Bertz CT molecular complexity index is 449. The Labute approximate surface area is 125 Å². The SMILES string of the molecule is Cc1cccc(Cl)c1C(CN)CNC(=O)OC(C)(C)C. The first kappa shape index (κ1) is 16.8. The van der Waals surface area contributed by atoms with E-state index in [-0.39, 0.29) is 5.92 Å². The molecular formula is C15H23ClN2O2. The van der Waals surface area contributed by atoms with Gasteiger partial charge in [-0.05, 0) is 44.9 Å². The predicted octanol–water partition coefficient (Wildman–Crippen LogP) is 3.22. The van der Waals surface area contributed by atoms with Crippen molar-refractivity contribution in [1.29, 1.82) is 0 Å².